The van der Waals surface area contributed by atoms with Gasteiger partial charge in [0.2, 0.25) is 0 Å². The van der Waals surface area contributed by atoms with E-state index >= 15 is 0 Å². The second-order valence-electron chi connectivity index (χ2n) is 10.5. The summed E-state index contributed by atoms with van der Waals surface area (Å²) < 4.78 is 12.2. The molecule has 2 atom stereocenters. The molecule has 2 amide bonds. The molecule has 0 spiro atoms. The average molecular weight is 563 g/mol. The number of hydrogen-bond acceptors (Lipinski definition) is 4. The zero-order valence-corrected chi connectivity index (χ0v) is 24.3. The Labute approximate surface area is 248 Å². The summed E-state index contributed by atoms with van der Waals surface area (Å²) in [5, 5.41) is 0. The molecule has 1 saturated heterocycles. The minimum absolute atomic E-state index is 0.0430. The van der Waals surface area contributed by atoms with E-state index in [1.807, 2.05) is 98.8 Å². The molecule has 216 valence electrons. The maximum atomic E-state index is 13.3. The molecule has 1 heterocycles. The molecule has 0 N–H and O–H groups in total. The molecule has 0 saturated carbocycles. The van der Waals surface area contributed by atoms with Gasteiger partial charge in [-0.15, -0.1) is 0 Å². The highest BCUT2D eigenvalue weighted by Crippen LogP contribution is 2.25. The maximum Gasteiger partial charge on any atom is 0.263 e. The molecule has 6 heteroatoms. The third-order valence-electron chi connectivity index (χ3n) is 7.68. The lowest BCUT2D eigenvalue weighted by molar-refractivity contribution is -0.147. The Morgan fingerprint density at radius 1 is 0.524 bits per heavy atom. The van der Waals surface area contributed by atoms with Gasteiger partial charge in [0.05, 0.1) is 0 Å². The van der Waals surface area contributed by atoms with E-state index in [0.29, 0.717) is 50.5 Å². The van der Waals surface area contributed by atoms with Crippen LogP contribution in [0.5, 0.6) is 11.5 Å². The number of carbonyl (C=O) groups is 2. The molecule has 4 aromatic rings. The van der Waals surface area contributed by atoms with Crippen LogP contribution in [0.1, 0.15) is 26.7 Å². The average Bonchev–Trinajstić information content (AvgIpc) is 3.07. The second kappa shape index (κ2) is 13.9. The number of carbonyl (C=O) groups excluding carboxylic acids is 2. The third kappa shape index (κ3) is 7.00. The van der Waals surface area contributed by atoms with Crippen molar-refractivity contribution in [3.8, 4) is 33.8 Å². The second-order valence-corrected chi connectivity index (χ2v) is 10.5. The third-order valence-corrected chi connectivity index (χ3v) is 7.68. The van der Waals surface area contributed by atoms with E-state index in [1.54, 1.807) is 9.80 Å². The molecule has 1 aliphatic heterocycles. The van der Waals surface area contributed by atoms with Gasteiger partial charge >= 0.3 is 0 Å². The standard InChI is InChI=1S/C36H38N2O4/c1-3-33(41-31-19-15-29(16-20-31)27-11-7-5-8-12-27)35(39)37-23-25-38(26-24-37)36(40)34(4-2)42-32-21-17-30(18-22-32)28-13-9-6-10-14-28/h5-22,33-34H,3-4,23-26H2,1-2H3. The van der Waals surface area contributed by atoms with Crippen LogP contribution in [0.3, 0.4) is 0 Å². The first-order chi connectivity index (χ1) is 20.6. The van der Waals surface area contributed by atoms with Crippen molar-refractivity contribution in [3.05, 3.63) is 109 Å². The van der Waals surface area contributed by atoms with E-state index in [9.17, 15) is 9.59 Å². The fraction of sp³-hybridized carbons (Fsp3) is 0.278. The summed E-state index contributed by atoms with van der Waals surface area (Å²) in [5.74, 6) is 1.25. The van der Waals surface area contributed by atoms with Crippen LogP contribution < -0.4 is 9.47 Å². The van der Waals surface area contributed by atoms with Gasteiger partial charge in [0.1, 0.15) is 11.5 Å². The summed E-state index contributed by atoms with van der Waals surface area (Å²) in [6, 6.07) is 36.0. The van der Waals surface area contributed by atoms with Crippen LogP contribution in [-0.4, -0.2) is 60.0 Å². The van der Waals surface area contributed by atoms with Gasteiger partial charge in [0.15, 0.2) is 12.2 Å². The Hall–Kier alpha value is -4.58. The molecular weight excluding hydrogens is 524 g/mol. The Bertz CT molecular complexity index is 1320. The minimum Gasteiger partial charge on any atom is -0.481 e. The minimum atomic E-state index is -0.569. The summed E-state index contributed by atoms with van der Waals surface area (Å²) in [4.78, 5) is 30.3. The molecule has 1 aliphatic rings. The number of nitrogens with zero attached hydrogens (tertiary/aromatic N) is 2. The van der Waals surface area contributed by atoms with Gasteiger partial charge in [-0.1, -0.05) is 98.8 Å². The molecule has 4 aromatic carbocycles. The molecule has 0 aromatic heterocycles. The predicted molar refractivity (Wildman–Crippen MR) is 166 cm³/mol. The SMILES string of the molecule is CCC(Oc1ccc(-c2ccccc2)cc1)C(=O)N1CCN(C(=O)C(CC)Oc2ccc(-c3ccccc3)cc2)CC1. The molecule has 2 unspecified atom stereocenters. The summed E-state index contributed by atoms with van der Waals surface area (Å²) in [6.07, 6.45) is -0.0127. The first-order valence-electron chi connectivity index (χ1n) is 14.8. The van der Waals surface area contributed by atoms with E-state index in [4.69, 9.17) is 9.47 Å². The summed E-state index contributed by atoms with van der Waals surface area (Å²) in [6.45, 7) is 5.80. The lowest BCUT2D eigenvalue weighted by Gasteiger charge is -2.37. The lowest BCUT2D eigenvalue weighted by atomic mass is 10.1. The van der Waals surface area contributed by atoms with Gasteiger partial charge in [-0.25, -0.2) is 0 Å². The van der Waals surface area contributed by atoms with Crippen molar-refractivity contribution in [2.75, 3.05) is 26.2 Å². The Morgan fingerprint density at radius 3 is 1.14 bits per heavy atom. The van der Waals surface area contributed by atoms with Gasteiger partial charge < -0.3 is 19.3 Å². The molecule has 42 heavy (non-hydrogen) atoms. The Morgan fingerprint density at radius 2 is 0.833 bits per heavy atom. The highest BCUT2D eigenvalue weighted by Gasteiger charge is 2.32. The number of amides is 2. The van der Waals surface area contributed by atoms with E-state index in [1.165, 1.54) is 0 Å². The first kappa shape index (κ1) is 28.9. The number of benzene rings is 4. The molecule has 0 bridgehead atoms. The summed E-state index contributed by atoms with van der Waals surface area (Å²) in [5.41, 5.74) is 4.47. The maximum absolute atomic E-state index is 13.3. The number of hydrogen-bond donors (Lipinski definition) is 0. The largest absolute Gasteiger partial charge is 0.481 e. The molecule has 0 radical (unpaired) electrons. The highest BCUT2D eigenvalue weighted by molar-refractivity contribution is 5.83. The van der Waals surface area contributed by atoms with E-state index < -0.39 is 12.2 Å². The first-order valence-corrected chi connectivity index (χ1v) is 14.8. The van der Waals surface area contributed by atoms with Gasteiger partial charge in [0.25, 0.3) is 11.8 Å². The predicted octanol–water partition coefficient (Wildman–Crippen LogP) is 6.71. The molecule has 5 rings (SSSR count). The fourth-order valence-electron chi connectivity index (χ4n) is 5.21. The van der Waals surface area contributed by atoms with Crippen LogP contribution in [0.2, 0.25) is 0 Å². The molecular formula is C36H38N2O4. The zero-order valence-electron chi connectivity index (χ0n) is 24.3. The van der Waals surface area contributed by atoms with Crippen LogP contribution >= 0.6 is 0 Å². The zero-order chi connectivity index (χ0) is 29.3. The fourth-order valence-corrected chi connectivity index (χ4v) is 5.21. The topological polar surface area (TPSA) is 59.1 Å². The van der Waals surface area contributed by atoms with Crippen molar-refractivity contribution in [1.29, 1.82) is 0 Å². The lowest BCUT2D eigenvalue weighted by Crippen LogP contribution is -2.55. The molecule has 6 nitrogen and oxygen atoms in total. The number of rotatable bonds is 10. The number of ether oxygens (including phenoxy) is 2. The quantitative estimate of drug-likeness (QED) is 0.216. The van der Waals surface area contributed by atoms with E-state index in [0.717, 1.165) is 22.3 Å². The van der Waals surface area contributed by atoms with Crippen molar-refractivity contribution < 1.29 is 19.1 Å². The summed E-state index contributed by atoms with van der Waals surface area (Å²) >= 11 is 0. The van der Waals surface area contributed by atoms with Crippen LogP contribution in [0, 0.1) is 0 Å². The van der Waals surface area contributed by atoms with Gasteiger partial charge in [-0.2, -0.15) is 0 Å². The smallest absolute Gasteiger partial charge is 0.263 e. The van der Waals surface area contributed by atoms with Crippen molar-refractivity contribution in [1.82, 2.24) is 9.80 Å². The van der Waals surface area contributed by atoms with Gasteiger partial charge in [-0.3, -0.25) is 9.59 Å². The van der Waals surface area contributed by atoms with Gasteiger partial charge in [-0.05, 0) is 59.4 Å². The van der Waals surface area contributed by atoms with Crippen molar-refractivity contribution in [3.63, 3.8) is 0 Å². The van der Waals surface area contributed by atoms with Crippen molar-refractivity contribution in [2.45, 2.75) is 38.9 Å². The van der Waals surface area contributed by atoms with Gasteiger partial charge in [0, 0.05) is 26.2 Å². The summed E-state index contributed by atoms with van der Waals surface area (Å²) in [7, 11) is 0. The van der Waals surface area contributed by atoms with Crippen molar-refractivity contribution >= 4 is 11.8 Å². The number of piperazine rings is 1. The van der Waals surface area contributed by atoms with E-state index in [-0.39, 0.29) is 11.8 Å². The molecule has 1 fully saturated rings. The van der Waals surface area contributed by atoms with Crippen molar-refractivity contribution in [2.24, 2.45) is 0 Å². The van der Waals surface area contributed by atoms with Crippen LogP contribution in [0.4, 0.5) is 0 Å². The Kier molecular flexibility index (Phi) is 9.55. The monoisotopic (exact) mass is 562 g/mol. The Balaban J connectivity index is 1.13. The molecule has 0 aliphatic carbocycles. The highest BCUT2D eigenvalue weighted by atomic mass is 16.5. The van der Waals surface area contributed by atoms with E-state index in [2.05, 4.69) is 24.3 Å². The van der Waals surface area contributed by atoms with Crippen LogP contribution in [-0.2, 0) is 9.59 Å². The van der Waals surface area contributed by atoms with Crippen LogP contribution in [0.15, 0.2) is 109 Å². The van der Waals surface area contributed by atoms with Crippen LogP contribution in [0.25, 0.3) is 22.3 Å². The normalized spacial score (nSPS) is 14.6.